The van der Waals surface area contributed by atoms with Crippen molar-refractivity contribution in [3.8, 4) is 34.5 Å². The van der Waals surface area contributed by atoms with Crippen molar-refractivity contribution in [2.45, 2.75) is 0 Å². The number of nitrogens with one attached hydrogen (secondary N) is 1. The molecule has 0 aliphatic carbocycles. The summed E-state index contributed by atoms with van der Waals surface area (Å²) in [6.45, 7) is -0.254. The molecule has 36 heavy (non-hydrogen) atoms. The van der Waals surface area contributed by atoms with Crippen LogP contribution >= 0.6 is 0 Å². The van der Waals surface area contributed by atoms with Gasteiger partial charge in [0.2, 0.25) is 5.78 Å². The van der Waals surface area contributed by atoms with Gasteiger partial charge in [0.15, 0.2) is 23.9 Å². The molecule has 1 aliphatic heterocycles. The Balaban J connectivity index is 1.42. The summed E-state index contributed by atoms with van der Waals surface area (Å²) < 4.78 is 32.4. The van der Waals surface area contributed by atoms with Crippen LogP contribution in [-0.2, 0) is 4.79 Å². The number of amides is 1. The lowest BCUT2D eigenvalue weighted by molar-refractivity contribution is -0.118. The van der Waals surface area contributed by atoms with Crippen LogP contribution in [-0.4, -0.2) is 46.7 Å². The van der Waals surface area contributed by atoms with Gasteiger partial charge in [-0.15, -0.1) is 0 Å². The molecule has 1 aliphatic rings. The monoisotopic (exact) mass is 491 g/mol. The number of Topliss-reactive ketones (excluding diaryl/α,β-unsaturated/α-hetero) is 1. The topological polar surface area (TPSA) is 102 Å². The van der Waals surface area contributed by atoms with Gasteiger partial charge in [-0.2, -0.15) is 0 Å². The fourth-order valence-corrected chi connectivity index (χ4v) is 3.59. The standard InChI is InChI=1S/C27H25NO8/c1-31-17-7-9-20(23(13-17)33-3)28-26(29)15-35-18-6-8-19-22(14-18)36-25(27(19)30)12-16-5-10-21(32-2)24(11-16)34-4/h5-14H,15H2,1-4H3,(H,28,29). The van der Waals surface area contributed by atoms with Crippen LogP contribution in [0.15, 0.2) is 60.4 Å². The van der Waals surface area contributed by atoms with E-state index in [9.17, 15) is 9.59 Å². The minimum Gasteiger partial charge on any atom is -0.497 e. The van der Waals surface area contributed by atoms with Crippen LogP contribution in [0.4, 0.5) is 5.69 Å². The van der Waals surface area contributed by atoms with E-state index in [4.69, 9.17) is 28.4 Å². The van der Waals surface area contributed by atoms with E-state index >= 15 is 0 Å². The Morgan fingerprint density at radius 3 is 2.31 bits per heavy atom. The van der Waals surface area contributed by atoms with Crippen LogP contribution in [0.5, 0.6) is 34.5 Å². The second-order valence-electron chi connectivity index (χ2n) is 7.62. The number of rotatable bonds is 9. The fraction of sp³-hybridized carbons (Fsp3) is 0.185. The Morgan fingerprint density at radius 2 is 1.58 bits per heavy atom. The molecule has 0 fully saturated rings. The predicted octanol–water partition coefficient (Wildman–Crippen LogP) is 4.35. The predicted molar refractivity (Wildman–Crippen MR) is 133 cm³/mol. The maximum atomic E-state index is 12.8. The summed E-state index contributed by atoms with van der Waals surface area (Å²) in [6, 6.07) is 15.1. The van der Waals surface area contributed by atoms with Gasteiger partial charge in [0, 0.05) is 12.1 Å². The number of anilines is 1. The zero-order valence-corrected chi connectivity index (χ0v) is 20.2. The second kappa shape index (κ2) is 10.7. The molecule has 1 N–H and O–H groups in total. The van der Waals surface area contributed by atoms with Gasteiger partial charge in [-0.05, 0) is 48.0 Å². The molecule has 4 rings (SSSR count). The van der Waals surface area contributed by atoms with Crippen LogP contribution in [0.25, 0.3) is 6.08 Å². The van der Waals surface area contributed by atoms with E-state index in [-0.39, 0.29) is 24.1 Å². The van der Waals surface area contributed by atoms with E-state index in [2.05, 4.69) is 5.32 Å². The average Bonchev–Trinajstić information content (AvgIpc) is 3.21. The first-order valence-electron chi connectivity index (χ1n) is 10.9. The Labute approximate surface area is 208 Å². The molecule has 0 atom stereocenters. The highest BCUT2D eigenvalue weighted by Gasteiger charge is 2.28. The maximum Gasteiger partial charge on any atom is 0.262 e. The van der Waals surface area contributed by atoms with E-state index in [1.54, 1.807) is 74.9 Å². The zero-order valence-electron chi connectivity index (χ0n) is 20.2. The summed E-state index contributed by atoms with van der Waals surface area (Å²) in [7, 11) is 6.14. The Hall–Kier alpha value is -4.66. The van der Waals surface area contributed by atoms with Crippen LogP contribution in [0.1, 0.15) is 15.9 Å². The SMILES string of the molecule is COc1ccc(NC(=O)COc2ccc3c(c2)OC(=Cc2ccc(OC)c(OC)c2)C3=O)c(OC)c1. The van der Waals surface area contributed by atoms with E-state index in [0.717, 1.165) is 0 Å². The molecule has 0 spiro atoms. The Bertz CT molecular complexity index is 1330. The lowest BCUT2D eigenvalue weighted by Crippen LogP contribution is -2.20. The largest absolute Gasteiger partial charge is 0.497 e. The molecule has 0 radical (unpaired) electrons. The lowest BCUT2D eigenvalue weighted by atomic mass is 10.1. The lowest BCUT2D eigenvalue weighted by Gasteiger charge is -2.12. The minimum atomic E-state index is -0.384. The number of methoxy groups -OCH3 is 4. The smallest absolute Gasteiger partial charge is 0.262 e. The number of fused-ring (bicyclic) bond motifs is 1. The van der Waals surface area contributed by atoms with Crippen molar-refractivity contribution in [3.63, 3.8) is 0 Å². The van der Waals surface area contributed by atoms with Crippen molar-refractivity contribution < 1.29 is 38.0 Å². The van der Waals surface area contributed by atoms with E-state index < -0.39 is 0 Å². The highest BCUT2D eigenvalue weighted by molar-refractivity contribution is 6.14. The molecule has 0 unspecified atom stereocenters. The molecule has 0 saturated carbocycles. The molecule has 9 heteroatoms. The molecule has 9 nitrogen and oxygen atoms in total. The zero-order chi connectivity index (χ0) is 25.7. The van der Waals surface area contributed by atoms with Gasteiger partial charge >= 0.3 is 0 Å². The first kappa shape index (κ1) is 24.5. The van der Waals surface area contributed by atoms with Gasteiger partial charge in [-0.1, -0.05) is 6.07 Å². The first-order valence-corrected chi connectivity index (χ1v) is 10.9. The van der Waals surface area contributed by atoms with Gasteiger partial charge < -0.3 is 33.7 Å². The van der Waals surface area contributed by atoms with Gasteiger partial charge in [0.25, 0.3) is 5.91 Å². The third kappa shape index (κ3) is 5.20. The van der Waals surface area contributed by atoms with Gasteiger partial charge in [0.1, 0.15) is 23.0 Å². The quantitative estimate of drug-likeness (QED) is 0.441. The van der Waals surface area contributed by atoms with Crippen LogP contribution in [0, 0.1) is 0 Å². The summed E-state index contributed by atoms with van der Waals surface area (Å²) in [5, 5.41) is 2.74. The molecule has 1 amide bonds. The summed E-state index contributed by atoms with van der Waals surface area (Å²) in [4.78, 5) is 25.2. The number of allylic oxidation sites excluding steroid dienone is 1. The Morgan fingerprint density at radius 1 is 0.833 bits per heavy atom. The van der Waals surface area contributed by atoms with Crippen molar-refractivity contribution in [2.75, 3.05) is 40.4 Å². The number of benzene rings is 3. The normalized spacial score (nSPS) is 13.0. The molecule has 0 saturated heterocycles. The molecule has 3 aromatic rings. The first-order chi connectivity index (χ1) is 17.4. The molecule has 186 valence electrons. The molecule has 0 bridgehead atoms. The highest BCUT2D eigenvalue weighted by Crippen LogP contribution is 2.36. The van der Waals surface area contributed by atoms with Gasteiger partial charge in [0.05, 0.1) is 39.7 Å². The Kier molecular flexibility index (Phi) is 7.29. The van der Waals surface area contributed by atoms with Gasteiger partial charge in [-0.3, -0.25) is 9.59 Å². The third-order valence-corrected chi connectivity index (χ3v) is 5.40. The number of carbonyl (C=O) groups is 2. The van der Waals surface area contributed by atoms with E-state index in [1.807, 2.05) is 0 Å². The van der Waals surface area contributed by atoms with E-state index in [0.29, 0.717) is 51.3 Å². The average molecular weight is 491 g/mol. The van der Waals surface area contributed by atoms with Crippen molar-refractivity contribution in [2.24, 2.45) is 0 Å². The molecule has 3 aromatic carbocycles. The van der Waals surface area contributed by atoms with Crippen molar-refractivity contribution in [1.82, 2.24) is 0 Å². The number of ether oxygens (including phenoxy) is 6. The van der Waals surface area contributed by atoms with E-state index in [1.165, 1.54) is 14.2 Å². The third-order valence-electron chi connectivity index (χ3n) is 5.40. The van der Waals surface area contributed by atoms with Crippen molar-refractivity contribution in [3.05, 3.63) is 71.5 Å². The summed E-state index contributed by atoms with van der Waals surface area (Å²) in [5.74, 6) is 2.44. The maximum absolute atomic E-state index is 12.8. The molecular formula is C27H25NO8. The second-order valence-corrected chi connectivity index (χ2v) is 7.62. The summed E-state index contributed by atoms with van der Waals surface area (Å²) >= 11 is 0. The van der Waals surface area contributed by atoms with Crippen LogP contribution < -0.4 is 33.7 Å². The molecular weight excluding hydrogens is 466 g/mol. The number of carbonyl (C=O) groups excluding carboxylic acids is 2. The number of hydrogen-bond acceptors (Lipinski definition) is 8. The molecule has 1 heterocycles. The highest BCUT2D eigenvalue weighted by atomic mass is 16.5. The number of hydrogen-bond donors (Lipinski definition) is 1. The van der Waals surface area contributed by atoms with Crippen molar-refractivity contribution >= 4 is 23.5 Å². The molecule has 0 aromatic heterocycles. The van der Waals surface area contributed by atoms with Crippen LogP contribution in [0.3, 0.4) is 0 Å². The summed E-state index contributed by atoms with van der Waals surface area (Å²) in [5.41, 5.74) is 1.60. The summed E-state index contributed by atoms with van der Waals surface area (Å²) in [6.07, 6.45) is 1.63. The number of ketones is 1. The fourth-order valence-electron chi connectivity index (χ4n) is 3.59. The van der Waals surface area contributed by atoms with Crippen LogP contribution in [0.2, 0.25) is 0 Å². The van der Waals surface area contributed by atoms with Gasteiger partial charge in [-0.25, -0.2) is 0 Å². The van der Waals surface area contributed by atoms with Crippen molar-refractivity contribution in [1.29, 1.82) is 0 Å². The minimum absolute atomic E-state index is 0.165.